The number of ether oxygens (including phenoxy) is 1. The molecule has 0 saturated carbocycles. The molecule has 0 amide bonds. The Morgan fingerprint density at radius 1 is 1.32 bits per heavy atom. The van der Waals surface area contributed by atoms with Crippen molar-refractivity contribution in [1.82, 2.24) is 4.98 Å². The summed E-state index contributed by atoms with van der Waals surface area (Å²) in [4.78, 5) is 3.99. The summed E-state index contributed by atoms with van der Waals surface area (Å²) in [5, 5.41) is 2.01. The van der Waals surface area contributed by atoms with Gasteiger partial charge < -0.3 is 10.5 Å². The van der Waals surface area contributed by atoms with Gasteiger partial charge in [-0.25, -0.2) is 13.8 Å². The maximum absolute atomic E-state index is 13.8. The van der Waals surface area contributed by atoms with E-state index in [1.807, 2.05) is 13.8 Å². The van der Waals surface area contributed by atoms with E-state index in [0.717, 1.165) is 0 Å². The fourth-order valence-corrected chi connectivity index (χ4v) is 2.09. The fourth-order valence-electron chi connectivity index (χ4n) is 1.52. The monoisotopic (exact) mass is 284 g/mol. The van der Waals surface area contributed by atoms with Gasteiger partial charge in [-0.05, 0) is 18.1 Å². The second kappa shape index (κ2) is 5.52. The standard InChI is InChI=1S/C13H14F2N2OS/c1-7(2)5-18-12-9(14)3-8(4-10(12)15)11-6-19-13(16)17-11/h3-4,6-7H,5H2,1-2H3,(H2,16,17). The molecule has 2 N–H and O–H groups in total. The molecule has 102 valence electrons. The molecular weight excluding hydrogens is 270 g/mol. The van der Waals surface area contributed by atoms with E-state index in [2.05, 4.69) is 4.98 Å². The SMILES string of the molecule is CC(C)COc1c(F)cc(-c2csc(N)n2)cc1F. The summed E-state index contributed by atoms with van der Waals surface area (Å²) in [6, 6.07) is 2.40. The van der Waals surface area contributed by atoms with Crippen LogP contribution in [0, 0.1) is 17.6 Å². The highest BCUT2D eigenvalue weighted by atomic mass is 32.1. The Bertz CT molecular complexity index is 561. The lowest BCUT2D eigenvalue weighted by molar-refractivity contribution is 0.247. The minimum Gasteiger partial charge on any atom is -0.487 e. The Morgan fingerprint density at radius 3 is 2.42 bits per heavy atom. The first-order valence-corrected chi connectivity index (χ1v) is 6.68. The van der Waals surface area contributed by atoms with Gasteiger partial charge in [0, 0.05) is 10.9 Å². The largest absolute Gasteiger partial charge is 0.487 e. The van der Waals surface area contributed by atoms with E-state index in [-0.39, 0.29) is 18.3 Å². The topological polar surface area (TPSA) is 48.1 Å². The van der Waals surface area contributed by atoms with Crippen molar-refractivity contribution in [3.63, 3.8) is 0 Å². The van der Waals surface area contributed by atoms with E-state index in [9.17, 15) is 8.78 Å². The summed E-state index contributed by atoms with van der Waals surface area (Å²) in [7, 11) is 0. The van der Waals surface area contributed by atoms with E-state index >= 15 is 0 Å². The Labute approximate surface area is 114 Å². The van der Waals surface area contributed by atoms with Gasteiger partial charge in [-0.1, -0.05) is 13.8 Å². The molecular formula is C13H14F2N2OS. The second-order valence-corrected chi connectivity index (χ2v) is 5.43. The normalized spacial score (nSPS) is 11.0. The lowest BCUT2D eigenvalue weighted by Gasteiger charge is -2.11. The number of hydrogen-bond donors (Lipinski definition) is 1. The third kappa shape index (κ3) is 3.20. The summed E-state index contributed by atoms with van der Waals surface area (Å²) in [5.74, 6) is -1.62. The van der Waals surface area contributed by atoms with E-state index < -0.39 is 11.6 Å². The molecule has 0 aliphatic rings. The van der Waals surface area contributed by atoms with E-state index in [0.29, 0.717) is 16.4 Å². The number of nitrogen functional groups attached to an aromatic ring is 1. The van der Waals surface area contributed by atoms with Crippen molar-refractivity contribution in [2.45, 2.75) is 13.8 Å². The van der Waals surface area contributed by atoms with Crippen LogP contribution < -0.4 is 10.5 Å². The van der Waals surface area contributed by atoms with Crippen molar-refractivity contribution < 1.29 is 13.5 Å². The molecule has 19 heavy (non-hydrogen) atoms. The highest BCUT2D eigenvalue weighted by molar-refractivity contribution is 7.13. The quantitative estimate of drug-likeness (QED) is 0.931. The number of benzene rings is 1. The number of hydrogen-bond acceptors (Lipinski definition) is 4. The zero-order valence-electron chi connectivity index (χ0n) is 10.6. The number of halogens is 2. The third-order valence-corrected chi connectivity index (χ3v) is 3.05. The van der Waals surface area contributed by atoms with E-state index in [1.54, 1.807) is 5.38 Å². The van der Waals surface area contributed by atoms with Crippen LogP contribution in [0.15, 0.2) is 17.5 Å². The van der Waals surface area contributed by atoms with Crippen LogP contribution >= 0.6 is 11.3 Å². The number of rotatable bonds is 4. The van der Waals surface area contributed by atoms with Gasteiger partial charge in [0.05, 0.1) is 12.3 Å². The van der Waals surface area contributed by atoms with E-state index in [4.69, 9.17) is 10.5 Å². The molecule has 1 aromatic heterocycles. The fraction of sp³-hybridized carbons (Fsp3) is 0.308. The van der Waals surface area contributed by atoms with Gasteiger partial charge in [0.15, 0.2) is 22.5 Å². The van der Waals surface area contributed by atoms with Crippen molar-refractivity contribution >= 4 is 16.5 Å². The number of aromatic nitrogens is 1. The zero-order valence-corrected chi connectivity index (χ0v) is 11.4. The average molecular weight is 284 g/mol. The number of nitrogens with two attached hydrogens (primary N) is 1. The first-order valence-electron chi connectivity index (χ1n) is 5.80. The van der Waals surface area contributed by atoms with Crippen molar-refractivity contribution in [2.24, 2.45) is 5.92 Å². The Balaban J connectivity index is 2.31. The van der Waals surface area contributed by atoms with Gasteiger partial charge in [-0.15, -0.1) is 11.3 Å². The van der Waals surface area contributed by atoms with Gasteiger partial charge in [-0.3, -0.25) is 0 Å². The molecule has 2 aromatic rings. The molecule has 6 heteroatoms. The van der Waals surface area contributed by atoms with Crippen LogP contribution in [-0.4, -0.2) is 11.6 Å². The van der Waals surface area contributed by atoms with Gasteiger partial charge >= 0.3 is 0 Å². The molecule has 0 aliphatic carbocycles. The molecule has 0 fully saturated rings. The summed E-state index contributed by atoms with van der Waals surface area (Å²) < 4.78 is 32.8. The van der Waals surface area contributed by atoms with Gasteiger partial charge in [-0.2, -0.15) is 0 Å². The smallest absolute Gasteiger partial charge is 0.190 e. The van der Waals surface area contributed by atoms with Crippen LogP contribution in [0.5, 0.6) is 5.75 Å². The van der Waals surface area contributed by atoms with Crippen LogP contribution in [-0.2, 0) is 0 Å². The molecule has 0 bridgehead atoms. The summed E-state index contributed by atoms with van der Waals surface area (Å²) in [6.07, 6.45) is 0. The van der Waals surface area contributed by atoms with Gasteiger partial charge in [0.1, 0.15) is 0 Å². The maximum Gasteiger partial charge on any atom is 0.190 e. The molecule has 1 heterocycles. The maximum atomic E-state index is 13.8. The molecule has 0 atom stereocenters. The average Bonchev–Trinajstić information content (AvgIpc) is 2.74. The third-order valence-electron chi connectivity index (χ3n) is 2.38. The first-order chi connectivity index (χ1) is 8.97. The Morgan fingerprint density at radius 2 is 1.95 bits per heavy atom. The van der Waals surface area contributed by atoms with Crippen LogP contribution in [0.4, 0.5) is 13.9 Å². The lowest BCUT2D eigenvalue weighted by atomic mass is 10.1. The van der Waals surface area contributed by atoms with Crippen molar-refractivity contribution in [3.8, 4) is 17.0 Å². The van der Waals surface area contributed by atoms with Crippen LogP contribution in [0.2, 0.25) is 0 Å². The van der Waals surface area contributed by atoms with Crippen LogP contribution in [0.3, 0.4) is 0 Å². The Hall–Kier alpha value is -1.69. The van der Waals surface area contributed by atoms with Crippen molar-refractivity contribution in [3.05, 3.63) is 29.1 Å². The van der Waals surface area contributed by atoms with Gasteiger partial charge in [0.2, 0.25) is 0 Å². The molecule has 0 saturated heterocycles. The minimum absolute atomic E-state index is 0.191. The summed E-state index contributed by atoms with van der Waals surface area (Å²) in [6.45, 7) is 4.07. The van der Waals surface area contributed by atoms with Crippen LogP contribution in [0.1, 0.15) is 13.8 Å². The van der Waals surface area contributed by atoms with E-state index in [1.165, 1.54) is 23.5 Å². The molecule has 0 radical (unpaired) electrons. The highest BCUT2D eigenvalue weighted by Crippen LogP contribution is 2.30. The molecule has 0 aliphatic heterocycles. The zero-order chi connectivity index (χ0) is 14.0. The number of nitrogens with zero attached hydrogens (tertiary/aromatic N) is 1. The summed E-state index contributed by atoms with van der Waals surface area (Å²) in [5.41, 5.74) is 6.30. The molecule has 1 aromatic carbocycles. The molecule has 0 spiro atoms. The highest BCUT2D eigenvalue weighted by Gasteiger charge is 2.15. The summed E-state index contributed by atoms with van der Waals surface area (Å²) >= 11 is 1.22. The van der Waals surface area contributed by atoms with Crippen molar-refractivity contribution in [2.75, 3.05) is 12.3 Å². The predicted molar refractivity (Wildman–Crippen MR) is 72.2 cm³/mol. The minimum atomic E-state index is -0.734. The Kier molecular flexibility index (Phi) is 3.99. The number of thiazole rings is 1. The first kappa shape index (κ1) is 13.7. The van der Waals surface area contributed by atoms with Crippen LogP contribution in [0.25, 0.3) is 11.3 Å². The second-order valence-electron chi connectivity index (χ2n) is 4.54. The predicted octanol–water partition coefficient (Wildman–Crippen LogP) is 3.71. The van der Waals surface area contributed by atoms with Crippen molar-refractivity contribution in [1.29, 1.82) is 0 Å². The molecule has 3 nitrogen and oxygen atoms in total. The molecule has 2 rings (SSSR count). The van der Waals surface area contributed by atoms with Gasteiger partial charge in [0.25, 0.3) is 0 Å². The lowest BCUT2D eigenvalue weighted by Crippen LogP contribution is -2.07. The number of anilines is 1. The molecule has 0 unspecified atom stereocenters.